The van der Waals surface area contributed by atoms with Gasteiger partial charge in [-0.1, -0.05) is 0 Å². The first-order valence-corrected chi connectivity index (χ1v) is 2.01. The molecule has 0 unspecified atom stereocenters. The molecule has 0 saturated carbocycles. The molecule has 0 rings (SSSR count). The second kappa shape index (κ2) is 2.25. The van der Waals surface area contributed by atoms with E-state index in [-0.39, 0.29) is 0 Å². The number of carbonyl (C=O) groups excluding carboxylic acids is 1. The zero-order valence-electron chi connectivity index (χ0n) is 2.36. The molecule has 30 valence electrons. The van der Waals surface area contributed by atoms with Crippen LogP contribution in [0, 0.1) is 0 Å². The third-order valence-corrected chi connectivity index (χ3v) is 0.625. The van der Waals surface area contributed by atoms with Crippen LogP contribution in [0.5, 0.6) is 0 Å². The molecule has 0 aliphatic rings. The van der Waals surface area contributed by atoms with Gasteiger partial charge in [0.1, 0.15) is 0 Å². The van der Waals surface area contributed by atoms with E-state index in [9.17, 15) is 4.79 Å². The van der Waals surface area contributed by atoms with E-state index >= 15 is 0 Å². The Balaban J connectivity index is 2.85. The van der Waals surface area contributed by atoms with E-state index in [4.69, 9.17) is 0 Å². The first-order chi connectivity index (χ1) is 2.27. The molecule has 3 nitrogen and oxygen atoms in total. The minimum Gasteiger partial charge on any atom is -0.351 e. The fourth-order valence-electron chi connectivity index (χ4n) is 0. The van der Waals surface area contributed by atoms with E-state index in [1.165, 1.54) is 0 Å². The van der Waals surface area contributed by atoms with Crippen molar-refractivity contribution in [1.82, 2.24) is 3.53 Å². The highest BCUT2D eigenvalue weighted by Gasteiger charge is 1.75. The summed E-state index contributed by atoms with van der Waals surface area (Å²) in [5, 5.41) is 0. The maximum Gasteiger partial charge on any atom is 0.320 e. The predicted octanol–water partition coefficient (Wildman–Crippen LogP) is 0.00470. The van der Waals surface area contributed by atoms with Gasteiger partial charge in [0.25, 0.3) is 0 Å². The monoisotopic (exact) mass is 186 g/mol. The van der Waals surface area contributed by atoms with Crippen LogP contribution in [0.15, 0.2) is 0 Å². The van der Waals surface area contributed by atoms with Crippen LogP contribution in [0.4, 0.5) is 4.79 Å². The second-order valence-corrected chi connectivity index (χ2v) is 0.998. The van der Waals surface area contributed by atoms with Crippen LogP contribution in [0.3, 0.4) is 0 Å². The van der Waals surface area contributed by atoms with Crippen LogP contribution in [-0.4, -0.2) is 6.03 Å². The summed E-state index contributed by atoms with van der Waals surface area (Å²) in [5.41, 5.74) is 4.53. The number of primary amides is 1. The van der Waals surface area contributed by atoms with Gasteiger partial charge in [0.2, 0.25) is 0 Å². The van der Waals surface area contributed by atoms with Crippen LogP contribution in [0.25, 0.3) is 0 Å². The number of nitrogens with one attached hydrogen (secondary N) is 1. The highest BCUT2D eigenvalue weighted by molar-refractivity contribution is 14.1. The van der Waals surface area contributed by atoms with Crippen molar-refractivity contribution in [3.63, 3.8) is 0 Å². The van der Waals surface area contributed by atoms with Crippen molar-refractivity contribution >= 4 is 28.9 Å². The molecule has 0 aliphatic carbocycles. The second-order valence-electron chi connectivity index (χ2n) is 0.459. The molecule has 5 heavy (non-hydrogen) atoms. The summed E-state index contributed by atoms with van der Waals surface area (Å²) >= 11 is 1.65. The number of amides is 2. The van der Waals surface area contributed by atoms with E-state index in [1.807, 2.05) is 0 Å². The molecule has 3 N–H and O–H groups in total. The van der Waals surface area contributed by atoms with Crippen molar-refractivity contribution in [2.24, 2.45) is 5.73 Å². The molecule has 2 amide bonds. The standard InChI is InChI=1S/CH3IN2O/c2-4-1(3)5/h(H3,3,4,5). The summed E-state index contributed by atoms with van der Waals surface area (Å²) in [6.07, 6.45) is 0. The van der Waals surface area contributed by atoms with Crippen LogP contribution < -0.4 is 9.26 Å². The first kappa shape index (κ1) is 5.00. The summed E-state index contributed by atoms with van der Waals surface area (Å²) in [6, 6.07) is -0.509. The lowest BCUT2D eigenvalue weighted by molar-refractivity contribution is 0.255. The quantitative estimate of drug-likeness (QED) is 0.406. The van der Waals surface area contributed by atoms with E-state index in [2.05, 4.69) is 9.26 Å². The van der Waals surface area contributed by atoms with Gasteiger partial charge in [-0.3, -0.25) is 3.53 Å². The Kier molecular flexibility index (Phi) is 2.25. The van der Waals surface area contributed by atoms with Crippen molar-refractivity contribution in [3.05, 3.63) is 0 Å². The highest BCUT2D eigenvalue weighted by atomic mass is 127. The molecule has 0 saturated heterocycles. The third-order valence-electron chi connectivity index (χ3n) is 0.0931. The van der Waals surface area contributed by atoms with Crippen LogP contribution in [0.1, 0.15) is 0 Å². The fraction of sp³-hybridized carbons (Fsp3) is 0. The Labute approximate surface area is 43.4 Å². The molecule has 4 heteroatoms. The highest BCUT2D eigenvalue weighted by Crippen LogP contribution is 1.61. The Morgan fingerprint density at radius 3 is 2.20 bits per heavy atom. The summed E-state index contributed by atoms with van der Waals surface area (Å²) in [7, 11) is 0. The number of hydrogen-bond donors (Lipinski definition) is 2. The molecule has 0 radical (unpaired) electrons. The maximum absolute atomic E-state index is 9.47. The summed E-state index contributed by atoms with van der Waals surface area (Å²) in [5.74, 6) is 0. The minimum absolute atomic E-state index is 0.509. The fourth-order valence-corrected chi connectivity index (χ4v) is 0. The maximum atomic E-state index is 9.47. The zero-order valence-corrected chi connectivity index (χ0v) is 4.52. The van der Waals surface area contributed by atoms with Gasteiger partial charge in [-0.25, -0.2) is 4.79 Å². The van der Waals surface area contributed by atoms with Crippen LogP contribution in [-0.2, 0) is 0 Å². The van der Waals surface area contributed by atoms with Gasteiger partial charge in [0, 0.05) is 0 Å². The summed E-state index contributed by atoms with van der Waals surface area (Å²) in [6.45, 7) is 0. The molecule has 0 aliphatic heterocycles. The Morgan fingerprint density at radius 2 is 2.20 bits per heavy atom. The lowest BCUT2D eigenvalue weighted by Crippen LogP contribution is -2.19. The first-order valence-electron chi connectivity index (χ1n) is 0.932. The summed E-state index contributed by atoms with van der Waals surface area (Å²) in [4.78, 5) is 9.47. The van der Waals surface area contributed by atoms with E-state index < -0.39 is 6.03 Å². The molecule has 0 aromatic rings. The normalized spacial score (nSPS) is 6.60. The van der Waals surface area contributed by atoms with E-state index in [1.54, 1.807) is 22.9 Å². The predicted molar refractivity (Wildman–Crippen MR) is 26.7 cm³/mol. The van der Waals surface area contributed by atoms with Gasteiger partial charge in [0.05, 0.1) is 22.9 Å². The molecular formula is CH3IN2O. The van der Waals surface area contributed by atoms with Crippen molar-refractivity contribution in [2.45, 2.75) is 0 Å². The number of carbonyl (C=O) groups is 1. The molecule has 0 bridgehead atoms. The molecular weight excluding hydrogens is 183 g/mol. The summed E-state index contributed by atoms with van der Waals surface area (Å²) < 4.78 is 2.14. The van der Waals surface area contributed by atoms with Crippen molar-refractivity contribution in [2.75, 3.05) is 0 Å². The number of halogens is 1. The number of urea groups is 1. The average Bonchev–Trinajstić information content (AvgIpc) is 1.38. The molecule has 0 aromatic heterocycles. The van der Waals surface area contributed by atoms with Gasteiger partial charge < -0.3 is 5.73 Å². The molecule has 0 atom stereocenters. The molecule has 0 spiro atoms. The van der Waals surface area contributed by atoms with Gasteiger partial charge >= 0.3 is 6.03 Å². The van der Waals surface area contributed by atoms with E-state index in [0.29, 0.717) is 0 Å². The number of hydrogen-bond acceptors (Lipinski definition) is 1. The topological polar surface area (TPSA) is 55.1 Å². The Morgan fingerprint density at radius 1 is 2.00 bits per heavy atom. The molecule has 0 aromatic carbocycles. The SMILES string of the molecule is NC(=O)NI. The number of rotatable bonds is 0. The van der Waals surface area contributed by atoms with Crippen molar-refractivity contribution in [1.29, 1.82) is 0 Å². The minimum atomic E-state index is -0.509. The van der Waals surface area contributed by atoms with Gasteiger partial charge in [-0.15, -0.1) is 0 Å². The van der Waals surface area contributed by atoms with Crippen molar-refractivity contribution < 1.29 is 4.79 Å². The van der Waals surface area contributed by atoms with Crippen LogP contribution >= 0.6 is 22.9 Å². The number of nitrogens with two attached hydrogens (primary N) is 1. The lowest BCUT2D eigenvalue weighted by atomic mass is 11.2. The smallest absolute Gasteiger partial charge is 0.320 e. The van der Waals surface area contributed by atoms with E-state index in [0.717, 1.165) is 0 Å². The molecule has 0 heterocycles. The Bertz CT molecular complexity index is 44.9. The van der Waals surface area contributed by atoms with Gasteiger partial charge in [0.15, 0.2) is 0 Å². The zero-order chi connectivity index (χ0) is 4.28. The Hall–Kier alpha value is 0. The van der Waals surface area contributed by atoms with Gasteiger partial charge in [-0.05, 0) is 0 Å². The van der Waals surface area contributed by atoms with Crippen LogP contribution in [0.2, 0.25) is 0 Å². The average molecular weight is 186 g/mol. The van der Waals surface area contributed by atoms with Crippen molar-refractivity contribution in [3.8, 4) is 0 Å². The largest absolute Gasteiger partial charge is 0.351 e. The van der Waals surface area contributed by atoms with Gasteiger partial charge in [-0.2, -0.15) is 0 Å². The molecule has 0 fully saturated rings. The third kappa shape index (κ3) is 4.00. The lowest BCUT2D eigenvalue weighted by Gasteiger charge is -1.77.